The van der Waals surface area contributed by atoms with Crippen molar-refractivity contribution in [1.29, 1.82) is 0 Å². The number of aliphatic carboxylic acids is 1. The van der Waals surface area contributed by atoms with Gasteiger partial charge in [-0.3, -0.25) is 9.59 Å². The van der Waals surface area contributed by atoms with Crippen LogP contribution in [0.5, 0.6) is 0 Å². The van der Waals surface area contributed by atoms with E-state index in [1.807, 2.05) is 78.9 Å². The normalized spacial score (nSPS) is 12.9. The van der Waals surface area contributed by atoms with Crippen LogP contribution in [0, 0.1) is 0 Å². The van der Waals surface area contributed by atoms with E-state index < -0.39 is 17.8 Å². The van der Waals surface area contributed by atoms with Crippen LogP contribution in [0.4, 0.5) is 0 Å². The Morgan fingerprint density at radius 2 is 1.15 bits per heavy atom. The summed E-state index contributed by atoms with van der Waals surface area (Å²) in [5.41, 5.74) is 2.28. The minimum Gasteiger partial charge on any atom is -0.481 e. The molecule has 0 saturated carbocycles. The maximum Gasteiger partial charge on any atom is 0.303 e. The van der Waals surface area contributed by atoms with Crippen molar-refractivity contribution in [2.75, 3.05) is 0 Å². The van der Waals surface area contributed by atoms with Gasteiger partial charge in [-0.1, -0.05) is 91.0 Å². The van der Waals surface area contributed by atoms with Gasteiger partial charge in [-0.15, -0.1) is 0 Å². The summed E-state index contributed by atoms with van der Waals surface area (Å²) in [7, 11) is 0. The van der Waals surface area contributed by atoms with E-state index in [2.05, 4.69) is 0 Å². The van der Waals surface area contributed by atoms with Crippen LogP contribution in [0.2, 0.25) is 0 Å². The molecule has 0 heterocycles. The second-order valence-electron chi connectivity index (χ2n) is 6.23. The van der Waals surface area contributed by atoms with Crippen LogP contribution in [0.1, 0.15) is 39.7 Å². The molecule has 3 nitrogen and oxygen atoms in total. The molecule has 0 bridgehead atoms. The van der Waals surface area contributed by atoms with Crippen LogP contribution in [0.15, 0.2) is 91.0 Å². The molecule has 3 aromatic carbocycles. The lowest BCUT2D eigenvalue weighted by Gasteiger charge is -2.26. The van der Waals surface area contributed by atoms with Crippen LogP contribution in [-0.2, 0) is 4.79 Å². The molecule has 0 aliphatic carbocycles. The largest absolute Gasteiger partial charge is 0.481 e. The van der Waals surface area contributed by atoms with E-state index in [-0.39, 0.29) is 12.2 Å². The molecule has 3 heteroatoms. The van der Waals surface area contributed by atoms with Crippen LogP contribution >= 0.6 is 0 Å². The molecule has 0 saturated heterocycles. The molecule has 0 spiro atoms. The van der Waals surface area contributed by atoms with Crippen molar-refractivity contribution in [3.63, 3.8) is 0 Å². The third kappa shape index (κ3) is 4.06. The SMILES string of the molecule is O=C(O)CC(c1ccccc1)C(C(=O)c1ccccc1)c1ccccc1. The van der Waals surface area contributed by atoms with Crippen molar-refractivity contribution in [3.8, 4) is 0 Å². The predicted molar refractivity (Wildman–Crippen MR) is 101 cm³/mol. The molecule has 0 fully saturated rings. The van der Waals surface area contributed by atoms with Crippen LogP contribution in [-0.4, -0.2) is 16.9 Å². The lowest BCUT2D eigenvalue weighted by Crippen LogP contribution is -2.23. The van der Waals surface area contributed by atoms with Gasteiger partial charge in [-0.25, -0.2) is 0 Å². The fourth-order valence-corrected chi connectivity index (χ4v) is 3.33. The standard InChI is InChI=1S/C23H20O3/c24-21(25)16-20(17-10-4-1-5-11-17)22(18-12-6-2-7-13-18)23(26)19-14-8-3-9-15-19/h1-15,20,22H,16H2,(H,24,25). The Balaban J connectivity index is 2.11. The first kappa shape index (κ1) is 17.6. The predicted octanol–water partition coefficient (Wildman–Crippen LogP) is 4.91. The molecule has 2 atom stereocenters. The van der Waals surface area contributed by atoms with Crippen molar-refractivity contribution in [2.24, 2.45) is 0 Å². The number of ketones is 1. The fourth-order valence-electron chi connectivity index (χ4n) is 3.33. The Kier molecular flexibility index (Phi) is 5.59. The molecule has 0 amide bonds. The minimum atomic E-state index is -0.916. The highest BCUT2D eigenvalue weighted by Gasteiger charge is 2.33. The summed E-state index contributed by atoms with van der Waals surface area (Å²) in [5, 5.41) is 9.48. The Hall–Kier alpha value is -3.20. The molecule has 130 valence electrons. The molecular weight excluding hydrogens is 324 g/mol. The number of carbonyl (C=O) groups is 2. The summed E-state index contributed by atoms with van der Waals surface area (Å²) in [6.07, 6.45) is -0.109. The topological polar surface area (TPSA) is 54.4 Å². The highest BCUT2D eigenvalue weighted by molar-refractivity contribution is 6.02. The molecule has 0 aliphatic rings. The number of carbonyl (C=O) groups excluding carboxylic acids is 1. The van der Waals surface area contributed by atoms with E-state index in [9.17, 15) is 14.7 Å². The second kappa shape index (κ2) is 8.26. The number of carboxylic acids is 1. The maximum absolute atomic E-state index is 13.3. The van der Waals surface area contributed by atoms with E-state index in [1.54, 1.807) is 12.1 Å². The Labute approximate surface area is 152 Å². The third-order valence-electron chi connectivity index (χ3n) is 4.52. The molecule has 0 aromatic heterocycles. The average molecular weight is 344 g/mol. The quantitative estimate of drug-likeness (QED) is 0.620. The number of hydrogen-bond acceptors (Lipinski definition) is 2. The average Bonchev–Trinajstić information content (AvgIpc) is 2.69. The number of Topliss-reactive ketones (excluding diaryl/α,β-unsaturated/α-hetero) is 1. The molecular formula is C23H20O3. The zero-order valence-corrected chi connectivity index (χ0v) is 14.3. The second-order valence-corrected chi connectivity index (χ2v) is 6.23. The highest BCUT2D eigenvalue weighted by Crippen LogP contribution is 2.38. The molecule has 0 radical (unpaired) electrons. The number of hydrogen-bond donors (Lipinski definition) is 1. The van der Waals surface area contributed by atoms with Gasteiger partial charge in [0.25, 0.3) is 0 Å². The van der Waals surface area contributed by atoms with Crippen molar-refractivity contribution in [3.05, 3.63) is 108 Å². The summed E-state index contributed by atoms with van der Waals surface area (Å²) in [4.78, 5) is 24.9. The van der Waals surface area contributed by atoms with Gasteiger partial charge in [-0.05, 0) is 11.1 Å². The lowest BCUT2D eigenvalue weighted by molar-refractivity contribution is -0.137. The molecule has 3 aromatic rings. The molecule has 0 aliphatic heterocycles. The van der Waals surface area contributed by atoms with Crippen LogP contribution in [0.25, 0.3) is 0 Å². The van der Waals surface area contributed by atoms with Crippen LogP contribution in [0.3, 0.4) is 0 Å². The molecule has 2 unspecified atom stereocenters. The number of carboxylic acid groups (broad SMARTS) is 1. The molecule has 26 heavy (non-hydrogen) atoms. The first-order valence-electron chi connectivity index (χ1n) is 8.58. The monoisotopic (exact) mass is 344 g/mol. The van der Waals surface area contributed by atoms with Gasteiger partial charge in [-0.2, -0.15) is 0 Å². The van der Waals surface area contributed by atoms with Gasteiger partial charge in [0.2, 0.25) is 0 Å². The first-order chi connectivity index (χ1) is 12.7. The summed E-state index contributed by atoms with van der Waals surface area (Å²) in [6.45, 7) is 0. The van der Waals surface area contributed by atoms with E-state index in [1.165, 1.54) is 0 Å². The smallest absolute Gasteiger partial charge is 0.303 e. The van der Waals surface area contributed by atoms with Gasteiger partial charge in [0.1, 0.15) is 0 Å². The zero-order valence-electron chi connectivity index (χ0n) is 14.3. The molecule has 3 rings (SSSR count). The summed E-state index contributed by atoms with van der Waals surface area (Å²) >= 11 is 0. The Morgan fingerprint density at radius 3 is 1.65 bits per heavy atom. The Bertz CT molecular complexity index is 858. The fraction of sp³-hybridized carbons (Fsp3) is 0.130. The van der Waals surface area contributed by atoms with Crippen LogP contribution < -0.4 is 0 Å². The van der Waals surface area contributed by atoms with Crippen molar-refractivity contribution < 1.29 is 14.7 Å². The first-order valence-corrected chi connectivity index (χ1v) is 8.58. The summed E-state index contributed by atoms with van der Waals surface area (Å²) < 4.78 is 0. The van der Waals surface area contributed by atoms with Crippen molar-refractivity contribution >= 4 is 11.8 Å². The third-order valence-corrected chi connectivity index (χ3v) is 4.52. The van der Waals surface area contributed by atoms with Crippen molar-refractivity contribution in [2.45, 2.75) is 18.3 Å². The van der Waals surface area contributed by atoms with Gasteiger partial charge in [0, 0.05) is 11.5 Å². The summed E-state index contributed by atoms with van der Waals surface area (Å²) in [5.74, 6) is -1.98. The van der Waals surface area contributed by atoms with E-state index >= 15 is 0 Å². The van der Waals surface area contributed by atoms with Crippen molar-refractivity contribution in [1.82, 2.24) is 0 Å². The minimum absolute atomic E-state index is 0.0631. The van der Waals surface area contributed by atoms with E-state index in [4.69, 9.17) is 0 Å². The lowest BCUT2D eigenvalue weighted by atomic mass is 9.75. The molecule has 1 N–H and O–H groups in total. The van der Waals surface area contributed by atoms with Gasteiger partial charge >= 0.3 is 5.97 Å². The maximum atomic E-state index is 13.3. The Morgan fingerprint density at radius 1 is 0.692 bits per heavy atom. The van der Waals surface area contributed by atoms with Gasteiger partial charge in [0.15, 0.2) is 5.78 Å². The van der Waals surface area contributed by atoms with E-state index in [0.29, 0.717) is 5.56 Å². The number of benzene rings is 3. The zero-order chi connectivity index (χ0) is 18.4. The van der Waals surface area contributed by atoms with Gasteiger partial charge in [0.05, 0.1) is 12.3 Å². The highest BCUT2D eigenvalue weighted by atomic mass is 16.4. The summed E-state index contributed by atoms with van der Waals surface area (Å²) in [6, 6.07) is 27.9. The number of rotatable bonds is 7. The van der Waals surface area contributed by atoms with E-state index in [0.717, 1.165) is 11.1 Å². The van der Waals surface area contributed by atoms with Gasteiger partial charge < -0.3 is 5.11 Å².